The topological polar surface area (TPSA) is 66.4 Å². The molecule has 128 valence electrons. The van der Waals surface area contributed by atoms with Crippen LogP contribution in [0.3, 0.4) is 0 Å². The molecule has 1 amide bonds. The lowest BCUT2D eigenvalue weighted by molar-refractivity contribution is -0.157. The summed E-state index contributed by atoms with van der Waals surface area (Å²) in [6.45, 7) is 0. The molecule has 6 fully saturated rings. The number of fused-ring (bicyclic) bond motifs is 6. The molecule has 4 heteroatoms. The van der Waals surface area contributed by atoms with E-state index in [0.717, 1.165) is 44.4 Å². The van der Waals surface area contributed by atoms with Crippen LogP contribution in [0.4, 0.5) is 0 Å². The summed E-state index contributed by atoms with van der Waals surface area (Å²) in [6.07, 6.45) is 13.1. The zero-order valence-corrected chi connectivity index (χ0v) is 14.0. The maximum absolute atomic E-state index is 12.7. The highest BCUT2D eigenvalue weighted by Gasteiger charge is 2.53. The van der Waals surface area contributed by atoms with Gasteiger partial charge in [-0.15, -0.1) is 0 Å². The standard InChI is InChI=1S/C19H29NO3/c21-15(13-17-4-1-14(2-5-17)3-6-17)20-19-10-7-18(8-11-19,9-12-19)16(22)23/h14H,1-13H2,(H,20,21)(H,22,23). The maximum atomic E-state index is 12.7. The Bertz CT molecular complexity index is 480. The molecule has 4 bridgehead atoms. The third-order valence-electron chi connectivity index (χ3n) is 7.89. The highest BCUT2D eigenvalue weighted by Crippen LogP contribution is 2.54. The van der Waals surface area contributed by atoms with Gasteiger partial charge >= 0.3 is 5.97 Å². The van der Waals surface area contributed by atoms with Crippen LogP contribution in [0.1, 0.15) is 83.5 Å². The average Bonchev–Trinajstić information content (AvgIpc) is 2.57. The van der Waals surface area contributed by atoms with Gasteiger partial charge in [0.05, 0.1) is 5.41 Å². The molecule has 6 aliphatic rings. The Hall–Kier alpha value is -1.06. The van der Waals surface area contributed by atoms with E-state index in [1.807, 2.05) is 0 Å². The molecule has 0 radical (unpaired) electrons. The van der Waals surface area contributed by atoms with Crippen LogP contribution in [0.25, 0.3) is 0 Å². The molecule has 6 rings (SSSR count). The van der Waals surface area contributed by atoms with Crippen LogP contribution in [0.15, 0.2) is 0 Å². The summed E-state index contributed by atoms with van der Waals surface area (Å²) in [5, 5.41) is 12.8. The Kier molecular flexibility index (Phi) is 3.51. The number of amides is 1. The van der Waals surface area contributed by atoms with Crippen LogP contribution < -0.4 is 5.32 Å². The van der Waals surface area contributed by atoms with E-state index >= 15 is 0 Å². The number of hydrogen-bond acceptors (Lipinski definition) is 2. The van der Waals surface area contributed by atoms with Crippen molar-refractivity contribution in [3.63, 3.8) is 0 Å². The summed E-state index contributed by atoms with van der Waals surface area (Å²) in [7, 11) is 0. The summed E-state index contributed by atoms with van der Waals surface area (Å²) in [6, 6.07) is 0. The van der Waals surface area contributed by atoms with E-state index in [2.05, 4.69) is 5.32 Å². The minimum atomic E-state index is -0.630. The van der Waals surface area contributed by atoms with Gasteiger partial charge in [0.25, 0.3) is 0 Å². The van der Waals surface area contributed by atoms with Gasteiger partial charge in [-0.3, -0.25) is 9.59 Å². The van der Waals surface area contributed by atoms with Gasteiger partial charge in [-0.2, -0.15) is 0 Å². The first-order chi connectivity index (χ1) is 11.0. The minimum absolute atomic E-state index is 0.100. The molecule has 0 saturated heterocycles. The monoisotopic (exact) mass is 319 g/mol. The highest BCUT2D eigenvalue weighted by atomic mass is 16.4. The van der Waals surface area contributed by atoms with E-state index in [0.29, 0.717) is 6.42 Å². The first-order valence-corrected chi connectivity index (χ1v) is 9.50. The molecule has 0 atom stereocenters. The Labute approximate surface area is 138 Å². The second-order valence-electron chi connectivity index (χ2n) is 9.07. The predicted molar refractivity (Wildman–Crippen MR) is 86.9 cm³/mol. The van der Waals surface area contributed by atoms with Crippen molar-refractivity contribution in [3.05, 3.63) is 0 Å². The van der Waals surface area contributed by atoms with E-state index in [1.54, 1.807) is 0 Å². The molecule has 0 unspecified atom stereocenters. The molecule has 6 aliphatic carbocycles. The number of carboxylic acids is 1. The van der Waals surface area contributed by atoms with Gasteiger partial charge in [0, 0.05) is 12.0 Å². The molecule has 0 heterocycles. The molecule has 0 spiro atoms. The van der Waals surface area contributed by atoms with E-state index < -0.39 is 11.4 Å². The fourth-order valence-electron chi connectivity index (χ4n) is 5.98. The van der Waals surface area contributed by atoms with Gasteiger partial charge in [-0.1, -0.05) is 0 Å². The van der Waals surface area contributed by atoms with Gasteiger partial charge in [-0.25, -0.2) is 0 Å². The summed E-state index contributed by atoms with van der Waals surface area (Å²) in [5.74, 6) is 0.532. The van der Waals surface area contributed by atoms with Crippen molar-refractivity contribution in [3.8, 4) is 0 Å². The number of carbonyl (C=O) groups excluding carboxylic acids is 1. The van der Waals surface area contributed by atoms with Crippen LogP contribution in [-0.4, -0.2) is 22.5 Å². The van der Waals surface area contributed by atoms with Crippen molar-refractivity contribution >= 4 is 11.9 Å². The van der Waals surface area contributed by atoms with E-state index in [4.69, 9.17) is 0 Å². The SMILES string of the molecule is O=C(CC12CCC(CC1)CC2)NC12CCC(C(=O)O)(CC1)CC2. The van der Waals surface area contributed by atoms with Crippen molar-refractivity contribution in [2.24, 2.45) is 16.7 Å². The molecular formula is C19H29NO3. The summed E-state index contributed by atoms with van der Waals surface area (Å²) in [5.41, 5.74) is -0.312. The third-order valence-corrected chi connectivity index (χ3v) is 7.89. The fourth-order valence-corrected chi connectivity index (χ4v) is 5.98. The van der Waals surface area contributed by atoms with E-state index in [9.17, 15) is 14.7 Å². The van der Waals surface area contributed by atoms with Gasteiger partial charge in [0.1, 0.15) is 0 Å². The number of carbonyl (C=O) groups is 2. The second kappa shape index (κ2) is 5.22. The molecule has 6 saturated carbocycles. The summed E-state index contributed by atoms with van der Waals surface area (Å²) in [4.78, 5) is 24.2. The van der Waals surface area contributed by atoms with Gasteiger partial charge in [-0.05, 0) is 88.4 Å². The van der Waals surface area contributed by atoms with Crippen LogP contribution in [0.5, 0.6) is 0 Å². The van der Waals surface area contributed by atoms with Crippen molar-refractivity contribution in [1.29, 1.82) is 0 Å². The van der Waals surface area contributed by atoms with E-state index in [1.165, 1.54) is 38.5 Å². The van der Waals surface area contributed by atoms with Gasteiger partial charge < -0.3 is 10.4 Å². The Morgan fingerprint density at radius 1 is 0.870 bits per heavy atom. The zero-order valence-electron chi connectivity index (χ0n) is 14.0. The summed E-state index contributed by atoms with van der Waals surface area (Å²) >= 11 is 0. The quantitative estimate of drug-likeness (QED) is 0.831. The number of carboxylic acid groups (broad SMARTS) is 1. The zero-order chi connectivity index (χ0) is 16.1. The Morgan fingerprint density at radius 3 is 1.87 bits per heavy atom. The molecule has 0 aromatic heterocycles. The fraction of sp³-hybridized carbons (Fsp3) is 0.895. The predicted octanol–water partition coefficient (Wildman–Crippen LogP) is 3.64. The van der Waals surface area contributed by atoms with Crippen LogP contribution in [-0.2, 0) is 9.59 Å². The highest BCUT2D eigenvalue weighted by molar-refractivity contribution is 5.78. The minimum Gasteiger partial charge on any atom is -0.481 e. The number of rotatable bonds is 4. The largest absolute Gasteiger partial charge is 0.481 e. The molecule has 0 aromatic carbocycles. The smallest absolute Gasteiger partial charge is 0.309 e. The van der Waals surface area contributed by atoms with Crippen LogP contribution in [0.2, 0.25) is 0 Å². The molecule has 2 N–H and O–H groups in total. The van der Waals surface area contributed by atoms with Crippen molar-refractivity contribution in [2.75, 3.05) is 0 Å². The number of aliphatic carboxylic acids is 1. The maximum Gasteiger partial charge on any atom is 0.309 e. The lowest BCUT2D eigenvalue weighted by Crippen LogP contribution is -2.58. The van der Waals surface area contributed by atoms with Crippen LogP contribution >= 0.6 is 0 Å². The first-order valence-electron chi connectivity index (χ1n) is 9.50. The third kappa shape index (κ3) is 2.58. The molecular weight excluding hydrogens is 290 g/mol. The summed E-state index contributed by atoms with van der Waals surface area (Å²) < 4.78 is 0. The molecule has 23 heavy (non-hydrogen) atoms. The molecule has 0 aliphatic heterocycles. The van der Waals surface area contributed by atoms with E-state index in [-0.39, 0.29) is 16.9 Å². The number of nitrogens with one attached hydrogen (secondary N) is 1. The normalized spacial score (nSPS) is 45.0. The van der Waals surface area contributed by atoms with Crippen molar-refractivity contribution in [2.45, 2.75) is 89.0 Å². The van der Waals surface area contributed by atoms with Gasteiger partial charge in [0.15, 0.2) is 0 Å². The van der Waals surface area contributed by atoms with Crippen LogP contribution in [0, 0.1) is 16.7 Å². The first kappa shape index (κ1) is 15.5. The average molecular weight is 319 g/mol. The lowest BCUT2D eigenvalue weighted by atomic mass is 9.57. The molecule has 0 aromatic rings. The lowest BCUT2D eigenvalue weighted by Gasteiger charge is -2.52. The van der Waals surface area contributed by atoms with Crippen molar-refractivity contribution < 1.29 is 14.7 Å². The van der Waals surface area contributed by atoms with Gasteiger partial charge in [0.2, 0.25) is 5.91 Å². The Balaban J connectivity index is 1.37. The Morgan fingerprint density at radius 2 is 1.39 bits per heavy atom. The van der Waals surface area contributed by atoms with Crippen molar-refractivity contribution in [1.82, 2.24) is 5.32 Å². The molecule has 4 nitrogen and oxygen atoms in total. The number of hydrogen-bond donors (Lipinski definition) is 2. The second-order valence-corrected chi connectivity index (χ2v) is 9.07.